The lowest BCUT2D eigenvalue weighted by atomic mass is 9.52. The maximum atomic E-state index is 12.8. The third kappa shape index (κ3) is 1.38. The van der Waals surface area contributed by atoms with Gasteiger partial charge in [0.05, 0.1) is 5.54 Å². The highest BCUT2D eigenvalue weighted by molar-refractivity contribution is 6.07. The van der Waals surface area contributed by atoms with Crippen molar-refractivity contribution in [3.63, 3.8) is 0 Å². The predicted octanol–water partition coefficient (Wildman–Crippen LogP) is 2.63. The second-order valence-electron chi connectivity index (χ2n) is 8.18. The van der Waals surface area contributed by atoms with Crippen LogP contribution in [0.5, 0.6) is 0 Å². The molecule has 4 nitrogen and oxygen atoms in total. The van der Waals surface area contributed by atoms with Gasteiger partial charge in [-0.25, -0.2) is 4.79 Å². The molecule has 4 heteroatoms. The van der Waals surface area contributed by atoms with E-state index in [4.69, 9.17) is 0 Å². The largest absolute Gasteiger partial charge is 0.327 e. The van der Waals surface area contributed by atoms with Gasteiger partial charge in [0.2, 0.25) is 0 Å². The number of amides is 3. The fourth-order valence-corrected chi connectivity index (χ4v) is 5.65. The van der Waals surface area contributed by atoms with Gasteiger partial charge in [0.15, 0.2) is 0 Å². The molecule has 5 rings (SSSR count). The summed E-state index contributed by atoms with van der Waals surface area (Å²) in [6, 6.07) is -0.0676. The minimum Gasteiger partial charge on any atom is -0.313 e. The Bertz CT molecular complexity index is 461. The number of hydrogen-bond acceptors (Lipinski definition) is 2. The number of hydrogen-bond donors (Lipinski definition) is 0. The smallest absolute Gasteiger partial charge is 0.313 e. The lowest BCUT2D eigenvalue weighted by Crippen LogP contribution is -2.62. The van der Waals surface area contributed by atoms with Crippen molar-refractivity contribution in [2.75, 3.05) is 7.05 Å². The molecule has 0 aromatic carbocycles. The molecular formula is C16H24N2O2. The second kappa shape index (κ2) is 3.58. The van der Waals surface area contributed by atoms with Crippen molar-refractivity contribution < 1.29 is 9.59 Å². The molecule has 110 valence electrons. The Hall–Kier alpha value is -1.06. The SMILES string of the molecule is CN1C(=O)N(C23CC4CC(CC(C4)C2)C3)C(=O)C1(C)C. The first kappa shape index (κ1) is 12.7. The zero-order valence-electron chi connectivity index (χ0n) is 12.7. The van der Waals surface area contributed by atoms with Crippen LogP contribution in [0.1, 0.15) is 52.4 Å². The summed E-state index contributed by atoms with van der Waals surface area (Å²) < 4.78 is 0. The predicted molar refractivity (Wildman–Crippen MR) is 75.0 cm³/mol. The molecule has 0 aromatic rings. The monoisotopic (exact) mass is 276 g/mol. The summed E-state index contributed by atoms with van der Waals surface area (Å²) in [6.07, 6.45) is 7.15. The standard InChI is InChI=1S/C16H24N2O2/c1-15(2)13(19)18(14(20)17(15)3)16-7-10-4-11(8-16)6-12(5-10)9-16/h10-12H,4-9H2,1-3H3. The molecule has 4 saturated carbocycles. The molecule has 1 heterocycles. The first-order chi connectivity index (χ1) is 9.33. The number of rotatable bonds is 1. The van der Waals surface area contributed by atoms with E-state index < -0.39 is 5.54 Å². The average Bonchev–Trinajstić information content (AvgIpc) is 2.49. The van der Waals surface area contributed by atoms with Crippen molar-refractivity contribution in [1.29, 1.82) is 0 Å². The topological polar surface area (TPSA) is 40.6 Å². The van der Waals surface area contributed by atoms with Gasteiger partial charge in [-0.2, -0.15) is 0 Å². The summed E-state index contributed by atoms with van der Waals surface area (Å²) in [6.45, 7) is 3.74. The molecule has 5 fully saturated rings. The van der Waals surface area contributed by atoms with E-state index >= 15 is 0 Å². The van der Waals surface area contributed by atoms with Crippen molar-refractivity contribution >= 4 is 11.9 Å². The first-order valence-corrected chi connectivity index (χ1v) is 7.96. The zero-order valence-corrected chi connectivity index (χ0v) is 12.7. The Labute approximate surface area is 120 Å². The summed E-state index contributed by atoms with van der Waals surface area (Å²) in [5, 5.41) is 0. The second-order valence-corrected chi connectivity index (χ2v) is 8.18. The number of carbonyl (C=O) groups is 2. The van der Waals surface area contributed by atoms with E-state index in [2.05, 4.69) is 0 Å². The van der Waals surface area contributed by atoms with Gasteiger partial charge in [-0.3, -0.25) is 9.69 Å². The van der Waals surface area contributed by atoms with Gasteiger partial charge in [0, 0.05) is 7.05 Å². The zero-order chi connectivity index (χ0) is 14.3. The van der Waals surface area contributed by atoms with Gasteiger partial charge in [0.1, 0.15) is 5.54 Å². The van der Waals surface area contributed by atoms with Gasteiger partial charge < -0.3 is 4.90 Å². The van der Waals surface area contributed by atoms with Crippen LogP contribution < -0.4 is 0 Å². The highest BCUT2D eigenvalue weighted by Crippen LogP contribution is 2.58. The van der Waals surface area contributed by atoms with Crippen LogP contribution in [0.15, 0.2) is 0 Å². The summed E-state index contributed by atoms with van der Waals surface area (Å²) in [5.41, 5.74) is -0.828. The van der Waals surface area contributed by atoms with Crippen molar-refractivity contribution in [1.82, 2.24) is 9.80 Å². The van der Waals surface area contributed by atoms with Crippen molar-refractivity contribution in [2.45, 2.75) is 63.5 Å². The maximum Gasteiger partial charge on any atom is 0.327 e. The van der Waals surface area contributed by atoms with E-state index in [0.29, 0.717) is 0 Å². The quantitative estimate of drug-likeness (QED) is 0.691. The van der Waals surface area contributed by atoms with Crippen LogP contribution >= 0.6 is 0 Å². The van der Waals surface area contributed by atoms with E-state index in [1.807, 2.05) is 13.8 Å². The molecule has 0 atom stereocenters. The van der Waals surface area contributed by atoms with Crippen LogP contribution in [0.25, 0.3) is 0 Å². The summed E-state index contributed by atoms with van der Waals surface area (Å²) in [5.74, 6) is 2.26. The highest BCUT2D eigenvalue weighted by atomic mass is 16.2. The van der Waals surface area contributed by atoms with Crippen molar-refractivity contribution in [2.24, 2.45) is 17.8 Å². The Morgan fingerprint density at radius 1 is 0.950 bits per heavy atom. The molecule has 1 aliphatic heterocycles. The molecule has 0 spiro atoms. The van der Waals surface area contributed by atoms with E-state index in [1.54, 1.807) is 16.8 Å². The Kier molecular flexibility index (Phi) is 2.26. The molecule has 0 aromatic heterocycles. The fourth-order valence-electron chi connectivity index (χ4n) is 5.65. The molecule has 0 unspecified atom stereocenters. The van der Waals surface area contributed by atoms with Crippen LogP contribution in [-0.2, 0) is 4.79 Å². The van der Waals surface area contributed by atoms with Gasteiger partial charge in [0.25, 0.3) is 5.91 Å². The third-order valence-electron chi connectivity index (χ3n) is 6.52. The Morgan fingerprint density at radius 2 is 1.40 bits per heavy atom. The molecule has 4 aliphatic carbocycles. The van der Waals surface area contributed by atoms with E-state index in [9.17, 15) is 9.59 Å². The summed E-state index contributed by atoms with van der Waals surface area (Å²) in [4.78, 5) is 28.8. The van der Waals surface area contributed by atoms with Gasteiger partial charge >= 0.3 is 6.03 Å². The van der Waals surface area contributed by atoms with Gasteiger partial charge in [-0.15, -0.1) is 0 Å². The molecule has 0 N–H and O–H groups in total. The van der Waals surface area contributed by atoms with Crippen LogP contribution in [-0.4, -0.2) is 39.9 Å². The molecular weight excluding hydrogens is 252 g/mol. The maximum absolute atomic E-state index is 12.8. The number of urea groups is 1. The van der Waals surface area contributed by atoms with Crippen LogP contribution in [0.4, 0.5) is 4.79 Å². The lowest BCUT2D eigenvalue weighted by Gasteiger charge is -2.58. The van der Waals surface area contributed by atoms with Crippen LogP contribution in [0.3, 0.4) is 0 Å². The molecule has 0 radical (unpaired) electrons. The first-order valence-electron chi connectivity index (χ1n) is 7.96. The average molecular weight is 276 g/mol. The highest BCUT2D eigenvalue weighted by Gasteiger charge is 2.62. The number of likely N-dealkylation sites (N-methyl/N-ethyl adjacent to an activating group) is 1. The summed E-state index contributed by atoms with van der Waals surface area (Å²) >= 11 is 0. The molecule has 20 heavy (non-hydrogen) atoms. The van der Waals surface area contributed by atoms with Gasteiger partial charge in [-0.05, 0) is 70.1 Å². The summed E-state index contributed by atoms with van der Waals surface area (Å²) in [7, 11) is 1.76. The molecule has 1 saturated heterocycles. The lowest BCUT2D eigenvalue weighted by molar-refractivity contribution is -0.144. The number of imide groups is 1. The molecule has 3 amide bonds. The van der Waals surface area contributed by atoms with Crippen LogP contribution in [0, 0.1) is 17.8 Å². The van der Waals surface area contributed by atoms with Gasteiger partial charge in [-0.1, -0.05) is 0 Å². The fraction of sp³-hybridized carbons (Fsp3) is 0.875. The normalized spacial score (nSPS) is 45.6. The van der Waals surface area contributed by atoms with Crippen molar-refractivity contribution in [3.05, 3.63) is 0 Å². The van der Waals surface area contributed by atoms with E-state index in [-0.39, 0.29) is 17.5 Å². The molecule has 4 bridgehead atoms. The number of nitrogens with zero attached hydrogens (tertiary/aromatic N) is 2. The van der Waals surface area contributed by atoms with Crippen molar-refractivity contribution in [3.8, 4) is 0 Å². The minimum absolute atomic E-state index is 0.0203. The molecule has 5 aliphatic rings. The number of carbonyl (C=O) groups excluding carboxylic acids is 2. The van der Waals surface area contributed by atoms with Crippen LogP contribution in [0.2, 0.25) is 0 Å². The van der Waals surface area contributed by atoms with E-state index in [0.717, 1.165) is 37.0 Å². The van der Waals surface area contributed by atoms with E-state index in [1.165, 1.54) is 19.3 Å². The third-order valence-corrected chi connectivity index (χ3v) is 6.52. The Balaban J connectivity index is 1.74. The minimum atomic E-state index is -0.680. The Morgan fingerprint density at radius 3 is 1.75 bits per heavy atom.